The van der Waals surface area contributed by atoms with Crippen LogP contribution in [0, 0.1) is 0 Å². The normalized spacial score (nSPS) is 14.7. The Bertz CT molecular complexity index is 259. The third-order valence-electron chi connectivity index (χ3n) is 1.83. The van der Waals surface area contributed by atoms with Crippen LogP contribution in [-0.2, 0) is 0 Å². The van der Waals surface area contributed by atoms with Crippen molar-refractivity contribution in [3.8, 4) is 0 Å². The first-order chi connectivity index (χ1) is 6.15. The second kappa shape index (κ2) is 4.86. The summed E-state index contributed by atoms with van der Waals surface area (Å²) in [6.07, 6.45) is 0. The minimum absolute atomic E-state index is 0.384. The van der Waals surface area contributed by atoms with Crippen LogP contribution in [0.1, 0.15) is 32.4 Å². The molecule has 13 heavy (non-hydrogen) atoms. The highest BCUT2D eigenvalue weighted by molar-refractivity contribution is 8.78. The number of thiol groups is 2. The van der Waals surface area contributed by atoms with Crippen LogP contribution in [0.2, 0.25) is 0 Å². The average Bonchev–Trinajstić information content (AvgIpc) is 2.17. The minimum Gasteiger partial charge on any atom is -0.162 e. The highest BCUT2D eigenvalue weighted by Gasteiger charge is 2.04. The lowest BCUT2D eigenvalue weighted by Gasteiger charge is -2.11. The van der Waals surface area contributed by atoms with E-state index in [0.717, 1.165) is 16.5 Å². The summed E-state index contributed by atoms with van der Waals surface area (Å²) in [5, 5.41) is 9.37. The molecule has 1 rings (SSSR count). The molecule has 0 amide bonds. The van der Waals surface area contributed by atoms with Crippen LogP contribution in [0.4, 0.5) is 0 Å². The number of hydrogen-bond donors (Lipinski definition) is 2. The van der Waals surface area contributed by atoms with E-state index in [1.54, 1.807) is 0 Å². The Labute approximate surface area is 87.3 Å². The predicted molar refractivity (Wildman–Crippen MR) is 62.9 cm³/mol. The second-order valence-electron chi connectivity index (χ2n) is 3.19. The zero-order valence-corrected chi connectivity index (χ0v) is 10.0. The van der Waals surface area contributed by atoms with Gasteiger partial charge in [0.05, 0.1) is 5.69 Å². The minimum atomic E-state index is -0.384. The molecule has 0 aliphatic carbocycles. The van der Waals surface area contributed by atoms with E-state index in [1.807, 2.05) is 12.1 Å². The van der Waals surface area contributed by atoms with Gasteiger partial charge in [0.25, 0.3) is 0 Å². The third-order valence-corrected chi connectivity index (χ3v) is 4.66. The molecule has 0 spiro atoms. The zero-order chi connectivity index (χ0) is 9.84. The summed E-state index contributed by atoms with van der Waals surface area (Å²) in [7, 11) is -0.384. The first-order valence-corrected chi connectivity index (χ1v) is 7.13. The number of aromatic nitrogens is 2. The number of rotatable bonds is 3. The van der Waals surface area contributed by atoms with E-state index in [-0.39, 0.29) is 9.93 Å². The Morgan fingerprint density at radius 2 is 2.08 bits per heavy atom. The van der Waals surface area contributed by atoms with Crippen molar-refractivity contribution in [2.24, 2.45) is 0 Å². The van der Waals surface area contributed by atoms with Crippen molar-refractivity contribution >= 4 is 21.6 Å². The van der Waals surface area contributed by atoms with Crippen LogP contribution in [0.15, 0.2) is 17.2 Å². The van der Waals surface area contributed by atoms with Crippen LogP contribution < -0.4 is 0 Å². The maximum atomic E-state index is 4.47. The lowest BCUT2D eigenvalue weighted by Crippen LogP contribution is -1.96. The van der Waals surface area contributed by atoms with Gasteiger partial charge < -0.3 is 0 Å². The fraction of sp³-hybridized carbons (Fsp3) is 0.556. The lowest BCUT2D eigenvalue weighted by molar-refractivity contribution is 0.762. The van der Waals surface area contributed by atoms with Crippen LogP contribution in [-0.4, -0.2) is 16.0 Å². The van der Waals surface area contributed by atoms with Gasteiger partial charge >= 0.3 is 0 Å². The maximum absolute atomic E-state index is 4.47. The monoisotopic (exact) mass is 216 g/mol. The van der Waals surface area contributed by atoms with E-state index < -0.39 is 0 Å². The van der Waals surface area contributed by atoms with Crippen LogP contribution in [0.5, 0.6) is 0 Å². The van der Waals surface area contributed by atoms with Gasteiger partial charge in [-0.2, -0.15) is 15.0 Å². The molecule has 0 saturated heterocycles. The largest absolute Gasteiger partial charge is 0.162 e. The van der Waals surface area contributed by atoms with Crippen LogP contribution >= 0.6 is 21.6 Å². The first kappa shape index (κ1) is 10.9. The van der Waals surface area contributed by atoms with E-state index in [4.69, 9.17) is 0 Å². The standard InChI is InChI=1S/C9H16N2S2/c1-4-13(12)9-6-5-8(7(2)3)10-11-9/h5-7,12-13H,4H2,1-3H3. The van der Waals surface area contributed by atoms with Gasteiger partial charge in [-0.15, -0.1) is 16.8 Å². The number of nitrogens with zero attached hydrogens (tertiary/aromatic N) is 2. The summed E-state index contributed by atoms with van der Waals surface area (Å²) in [5.41, 5.74) is 1.05. The molecule has 74 valence electrons. The molecular formula is C9H16N2S2. The van der Waals surface area contributed by atoms with Crippen LogP contribution in [0.3, 0.4) is 0 Å². The van der Waals surface area contributed by atoms with Gasteiger partial charge in [-0.1, -0.05) is 20.8 Å². The topological polar surface area (TPSA) is 25.8 Å². The zero-order valence-electron chi connectivity index (χ0n) is 8.23. The highest BCUT2D eigenvalue weighted by Crippen LogP contribution is 2.37. The summed E-state index contributed by atoms with van der Waals surface area (Å²) >= 11 is 4.47. The molecule has 1 heterocycles. The molecular weight excluding hydrogens is 200 g/mol. The SMILES string of the molecule is CC[SH](S)c1ccc(C(C)C)nn1. The quantitative estimate of drug-likeness (QED) is 0.600. The molecule has 4 heteroatoms. The Hall–Kier alpha value is -0.220. The van der Waals surface area contributed by atoms with Crippen molar-refractivity contribution < 1.29 is 0 Å². The van der Waals surface area contributed by atoms with Gasteiger partial charge in [0.2, 0.25) is 0 Å². The molecule has 1 atom stereocenters. The van der Waals surface area contributed by atoms with E-state index in [2.05, 4.69) is 42.6 Å². The molecule has 0 radical (unpaired) electrons. The predicted octanol–water partition coefficient (Wildman–Crippen LogP) is 2.82. The van der Waals surface area contributed by atoms with Gasteiger partial charge in [-0.3, -0.25) is 0 Å². The van der Waals surface area contributed by atoms with E-state index >= 15 is 0 Å². The second-order valence-corrected chi connectivity index (χ2v) is 6.53. The molecule has 0 N–H and O–H groups in total. The molecule has 0 fully saturated rings. The molecule has 0 aromatic carbocycles. The summed E-state index contributed by atoms with van der Waals surface area (Å²) in [6.45, 7) is 6.36. The van der Waals surface area contributed by atoms with Gasteiger partial charge in [0, 0.05) is 0 Å². The fourth-order valence-corrected chi connectivity index (χ4v) is 1.98. The molecule has 0 bridgehead atoms. The molecule has 1 aromatic rings. The summed E-state index contributed by atoms with van der Waals surface area (Å²) in [4.78, 5) is 0. The molecule has 0 aliphatic heterocycles. The van der Waals surface area contributed by atoms with Crippen LogP contribution in [0.25, 0.3) is 0 Å². The maximum Gasteiger partial charge on any atom is 0.108 e. The fourth-order valence-electron chi connectivity index (χ4n) is 0.943. The van der Waals surface area contributed by atoms with Gasteiger partial charge in [0.15, 0.2) is 0 Å². The number of hydrogen-bond acceptors (Lipinski definition) is 3. The van der Waals surface area contributed by atoms with Gasteiger partial charge in [0.1, 0.15) is 5.03 Å². The molecule has 1 unspecified atom stereocenters. The summed E-state index contributed by atoms with van der Waals surface area (Å²) < 4.78 is 0. The first-order valence-electron chi connectivity index (χ1n) is 4.45. The van der Waals surface area contributed by atoms with Gasteiger partial charge in [-0.25, -0.2) is 0 Å². The average molecular weight is 216 g/mol. The Kier molecular flexibility index (Phi) is 4.06. The van der Waals surface area contributed by atoms with Crippen molar-refractivity contribution in [3.05, 3.63) is 17.8 Å². The third kappa shape index (κ3) is 2.88. The lowest BCUT2D eigenvalue weighted by atomic mass is 10.1. The van der Waals surface area contributed by atoms with Crippen molar-refractivity contribution in [2.45, 2.75) is 31.7 Å². The Morgan fingerprint density at radius 3 is 2.46 bits per heavy atom. The van der Waals surface area contributed by atoms with E-state index in [0.29, 0.717) is 5.92 Å². The Balaban J connectivity index is 2.81. The van der Waals surface area contributed by atoms with Gasteiger partial charge in [-0.05, 0) is 23.8 Å². The van der Waals surface area contributed by atoms with E-state index in [9.17, 15) is 0 Å². The molecule has 2 nitrogen and oxygen atoms in total. The van der Waals surface area contributed by atoms with E-state index in [1.165, 1.54) is 0 Å². The molecule has 1 aromatic heterocycles. The summed E-state index contributed by atoms with van der Waals surface area (Å²) in [6, 6.07) is 4.10. The molecule has 0 saturated carbocycles. The summed E-state index contributed by atoms with van der Waals surface area (Å²) in [5.74, 6) is 1.50. The highest BCUT2D eigenvalue weighted by atomic mass is 33.1. The molecule has 0 aliphatic rings. The smallest absolute Gasteiger partial charge is 0.108 e. The van der Waals surface area contributed by atoms with Crippen molar-refractivity contribution in [3.63, 3.8) is 0 Å². The van der Waals surface area contributed by atoms with Crippen molar-refractivity contribution in [2.75, 3.05) is 5.75 Å². The van der Waals surface area contributed by atoms with Crippen molar-refractivity contribution in [1.82, 2.24) is 10.2 Å². The Morgan fingerprint density at radius 1 is 1.38 bits per heavy atom. The van der Waals surface area contributed by atoms with Crippen molar-refractivity contribution in [1.29, 1.82) is 0 Å².